The van der Waals surface area contributed by atoms with Gasteiger partial charge in [0.05, 0.1) is 16.3 Å². The highest BCUT2D eigenvalue weighted by atomic mass is 32.1. The van der Waals surface area contributed by atoms with Crippen molar-refractivity contribution < 1.29 is 18.9 Å². The molecule has 8 nitrogen and oxygen atoms in total. The molecule has 1 aromatic carbocycles. The van der Waals surface area contributed by atoms with Gasteiger partial charge in [-0.25, -0.2) is 9.78 Å². The number of carbonyl (C=O) groups excluding carboxylic acids is 1. The van der Waals surface area contributed by atoms with E-state index in [2.05, 4.69) is 4.98 Å². The number of hydrogen-bond donors (Lipinski definition) is 0. The Labute approximate surface area is 134 Å². The molecular formula is C14H11N3O5S. The Hall–Kier alpha value is -2.94. The maximum Gasteiger partial charge on any atom is 0.433 e. The van der Waals surface area contributed by atoms with Crippen molar-refractivity contribution in [2.75, 3.05) is 19.0 Å². The number of anilines is 1. The smallest absolute Gasteiger partial charge is 0.421 e. The second kappa shape index (κ2) is 5.69. The molecule has 0 radical (unpaired) electrons. The number of hydrogen-bond acceptors (Lipinski definition) is 8. The molecule has 0 aliphatic heterocycles. The van der Waals surface area contributed by atoms with Crippen LogP contribution in [0.1, 0.15) is 10.6 Å². The first-order valence-corrected chi connectivity index (χ1v) is 7.30. The first-order valence-electron chi connectivity index (χ1n) is 6.48. The average molecular weight is 333 g/mol. The number of furan rings is 1. The molecule has 0 amide bonds. The molecule has 2 aromatic heterocycles. The first-order chi connectivity index (χ1) is 10.9. The van der Waals surface area contributed by atoms with E-state index in [1.165, 1.54) is 17.4 Å². The van der Waals surface area contributed by atoms with Gasteiger partial charge in [0.25, 0.3) is 0 Å². The van der Waals surface area contributed by atoms with Crippen molar-refractivity contribution in [1.82, 2.24) is 4.98 Å². The van der Waals surface area contributed by atoms with Crippen molar-refractivity contribution in [2.45, 2.75) is 0 Å². The number of thiazole rings is 1. The summed E-state index contributed by atoms with van der Waals surface area (Å²) >= 11 is 1.46. The van der Waals surface area contributed by atoms with Crippen molar-refractivity contribution in [1.29, 1.82) is 0 Å². The maximum absolute atomic E-state index is 11.9. The predicted molar refractivity (Wildman–Crippen MR) is 84.3 cm³/mol. The zero-order chi connectivity index (χ0) is 16.6. The molecule has 0 saturated heterocycles. The van der Waals surface area contributed by atoms with Gasteiger partial charge in [-0.3, -0.25) is 10.1 Å². The van der Waals surface area contributed by atoms with Crippen molar-refractivity contribution in [3.05, 3.63) is 46.2 Å². The van der Waals surface area contributed by atoms with Crippen molar-refractivity contribution in [3.63, 3.8) is 0 Å². The molecule has 2 heterocycles. The molecule has 0 bridgehead atoms. The number of carbonyl (C=O) groups is 1. The standard InChI is InChI=1S/C14H11N3O5S/c1-16(2)14-15-9-4-3-8(7-11(9)23-14)21-13(18)10-5-6-12(22-10)17(19)20/h3-7H,1-2H3. The van der Waals surface area contributed by atoms with E-state index >= 15 is 0 Å². The Morgan fingerprint density at radius 1 is 1.35 bits per heavy atom. The molecule has 0 spiro atoms. The second-order valence-electron chi connectivity index (χ2n) is 4.80. The third-order valence-corrected chi connectivity index (χ3v) is 4.10. The molecule has 0 aliphatic carbocycles. The summed E-state index contributed by atoms with van der Waals surface area (Å²) in [7, 11) is 3.78. The van der Waals surface area contributed by atoms with Crippen molar-refractivity contribution in [2.24, 2.45) is 0 Å². The number of rotatable bonds is 4. The Bertz CT molecular complexity index is 899. The van der Waals surface area contributed by atoms with Gasteiger partial charge in [0, 0.05) is 20.2 Å². The van der Waals surface area contributed by atoms with Crippen LogP contribution in [-0.4, -0.2) is 30.0 Å². The second-order valence-corrected chi connectivity index (χ2v) is 5.81. The van der Waals surface area contributed by atoms with E-state index in [-0.39, 0.29) is 5.76 Å². The van der Waals surface area contributed by atoms with Crippen LogP contribution in [0.3, 0.4) is 0 Å². The Balaban J connectivity index is 1.82. The number of benzene rings is 1. The molecule has 23 heavy (non-hydrogen) atoms. The zero-order valence-corrected chi connectivity index (χ0v) is 13.0. The lowest BCUT2D eigenvalue weighted by molar-refractivity contribution is -0.402. The van der Waals surface area contributed by atoms with Crippen LogP contribution in [-0.2, 0) is 0 Å². The van der Waals surface area contributed by atoms with Gasteiger partial charge in [0.1, 0.15) is 10.7 Å². The average Bonchev–Trinajstić information content (AvgIpc) is 3.13. The SMILES string of the molecule is CN(C)c1nc2ccc(OC(=O)c3ccc([N+](=O)[O-])o3)cc2s1. The number of aromatic nitrogens is 1. The highest BCUT2D eigenvalue weighted by molar-refractivity contribution is 7.22. The third kappa shape index (κ3) is 2.99. The molecular weight excluding hydrogens is 322 g/mol. The van der Waals surface area contributed by atoms with Gasteiger partial charge in [0.15, 0.2) is 5.13 Å². The van der Waals surface area contributed by atoms with Gasteiger partial charge in [-0.2, -0.15) is 0 Å². The van der Waals surface area contributed by atoms with E-state index in [1.807, 2.05) is 19.0 Å². The van der Waals surface area contributed by atoms with Crippen molar-refractivity contribution in [3.8, 4) is 5.75 Å². The van der Waals surface area contributed by atoms with Crippen LogP contribution in [0.15, 0.2) is 34.7 Å². The summed E-state index contributed by atoms with van der Waals surface area (Å²) in [5.41, 5.74) is 0.798. The van der Waals surface area contributed by atoms with E-state index in [0.717, 1.165) is 21.4 Å². The summed E-state index contributed by atoms with van der Waals surface area (Å²) in [6.07, 6.45) is 0. The van der Waals surface area contributed by atoms with Gasteiger partial charge in [-0.1, -0.05) is 11.3 Å². The highest BCUT2D eigenvalue weighted by Crippen LogP contribution is 2.30. The quantitative estimate of drug-likeness (QED) is 0.313. The van der Waals surface area contributed by atoms with Crippen LogP contribution < -0.4 is 9.64 Å². The van der Waals surface area contributed by atoms with Crippen LogP contribution in [0.4, 0.5) is 11.0 Å². The molecule has 0 aliphatic rings. The minimum Gasteiger partial charge on any atom is -0.421 e. The monoisotopic (exact) mass is 333 g/mol. The van der Waals surface area contributed by atoms with Gasteiger partial charge in [-0.05, 0) is 18.2 Å². The molecule has 0 unspecified atom stereocenters. The molecule has 9 heteroatoms. The largest absolute Gasteiger partial charge is 0.433 e. The predicted octanol–water partition coefficient (Wildman–Crippen LogP) is 3.08. The molecule has 0 saturated carbocycles. The van der Waals surface area contributed by atoms with Crippen molar-refractivity contribution >= 4 is 38.5 Å². The molecule has 0 atom stereocenters. The Kier molecular flexibility index (Phi) is 3.70. The summed E-state index contributed by atoms with van der Waals surface area (Å²) < 4.78 is 10.9. The van der Waals surface area contributed by atoms with Gasteiger partial charge < -0.3 is 14.1 Å². The summed E-state index contributed by atoms with van der Waals surface area (Å²) in [5.74, 6) is -1.22. The van der Waals surface area contributed by atoms with Crippen LogP contribution in [0.2, 0.25) is 0 Å². The number of esters is 1. The lowest BCUT2D eigenvalue weighted by atomic mass is 10.3. The summed E-state index contributed by atoms with van der Waals surface area (Å²) in [6, 6.07) is 7.35. The van der Waals surface area contributed by atoms with Gasteiger partial charge in [-0.15, -0.1) is 0 Å². The van der Waals surface area contributed by atoms with Crippen LogP contribution in [0.5, 0.6) is 5.75 Å². The highest BCUT2D eigenvalue weighted by Gasteiger charge is 2.19. The third-order valence-electron chi connectivity index (χ3n) is 2.91. The van der Waals surface area contributed by atoms with Crippen LogP contribution >= 0.6 is 11.3 Å². The number of fused-ring (bicyclic) bond motifs is 1. The fourth-order valence-electron chi connectivity index (χ4n) is 1.84. The molecule has 0 N–H and O–H groups in total. The Morgan fingerprint density at radius 2 is 2.13 bits per heavy atom. The summed E-state index contributed by atoms with van der Waals surface area (Å²) in [4.78, 5) is 28.1. The molecule has 118 valence electrons. The Morgan fingerprint density at radius 3 is 2.78 bits per heavy atom. The molecule has 0 fully saturated rings. The van der Waals surface area contributed by atoms with Gasteiger partial charge in [0.2, 0.25) is 5.76 Å². The summed E-state index contributed by atoms with van der Waals surface area (Å²) in [5, 5.41) is 11.4. The zero-order valence-electron chi connectivity index (χ0n) is 12.2. The number of nitrogens with zero attached hydrogens (tertiary/aromatic N) is 3. The lowest BCUT2D eigenvalue weighted by Gasteiger charge is -2.04. The normalized spacial score (nSPS) is 10.7. The maximum atomic E-state index is 11.9. The van der Waals surface area contributed by atoms with Gasteiger partial charge >= 0.3 is 11.9 Å². The molecule has 3 rings (SSSR count). The van der Waals surface area contributed by atoms with Crippen LogP contribution in [0.25, 0.3) is 10.2 Å². The fraction of sp³-hybridized carbons (Fsp3) is 0.143. The van der Waals surface area contributed by atoms with E-state index in [9.17, 15) is 14.9 Å². The lowest BCUT2D eigenvalue weighted by Crippen LogP contribution is -2.07. The van der Waals surface area contributed by atoms with E-state index in [0.29, 0.717) is 5.75 Å². The van der Waals surface area contributed by atoms with E-state index in [4.69, 9.17) is 9.15 Å². The first kappa shape index (κ1) is 15.0. The number of ether oxygens (including phenoxy) is 1. The number of nitro groups is 1. The topological polar surface area (TPSA) is 98.7 Å². The van der Waals surface area contributed by atoms with E-state index < -0.39 is 16.8 Å². The molecule has 3 aromatic rings. The van der Waals surface area contributed by atoms with Crippen LogP contribution in [0, 0.1) is 10.1 Å². The fourth-order valence-corrected chi connectivity index (χ4v) is 2.76. The van der Waals surface area contributed by atoms with E-state index in [1.54, 1.807) is 18.2 Å². The summed E-state index contributed by atoms with van der Waals surface area (Å²) in [6.45, 7) is 0. The minimum absolute atomic E-state index is 0.227. The minimum atomic E-state index is -0.796.